The lowest BCUT2D eigenvalue weighted by Gasteiger charge is -2.26. The molecule has 1 heterocycles. The average Bonchev–Trinajstić information content (AvgIpc) is 3.45. The maximum absolute atomic E-state index is 12.5. The van der Waals surface area contributed by atoms with E-state index < -0.39 is 26.0 Å². The van der Waals surface area contributed by atoms with Crippen molar-refractivity contribution >= 4 is 49.2 Å². The van der Waals surface area contributed by atoms with Gasteiger partial charge < -0.3 is 10.1 Å². The van der Waals surface area contributed by atoms with Gasteiger partial charge in [0.2, 0.25) is 20.0 Å². The van der Waals surface area contributed by atoms with Crippen molar-refractivity contribution in [3.8, 4) is 0 Å². The van der Waals surface area contributed by atoms with Gasteiger partial charge in [0.15, 0.2) is 0 Å². The molecule has 13 heteroatoms. The number of halogens is 2. The number of amides is 1. The zero-order chi connectivity index (χ0) is 21.2. The highest BCUT2D eigenvalue weighted by molar-refractivity contribution is 7.89. The number of rotatable bonds is 8. The molecule has 1 saturated carbocycles. The lowest BCUT2D eigenvalue weighted by molar-refractivity contribution is 0.0730. The van der Waals surface area contributed by atoms with Crippen LogP contribution in [0.2, 0.25) is 10.0 Å². The Bertz CT molecular complexity index is 990. The predicted molar refractivity (Wildman–Crippen MR) is 108 cm³/mol. The molecular formula is C16H21Cl2N3O6S2. The lowest BCUT2D eigenvalue weighted by atomic mass is 10.2. The number of carbonyl (C=O) groups excluding carboxylic acids is 1. The van der Waals surface area contributed by atoms with Gasteiger partial charge in [0, 0.05) is 25.7 Å². The Balaban J connectivity index is 1.68. The van der Waals surface area contributed by atoms with Crippen LogP contribution in [0.4, 0.5) is 0 Å². The minimum atomic E-state index is -3.89. The summed E-state index contributed by atoms with van der Waals surface area (Å²) in [6.07, 6.45) is 1.49. The van der Waals surface area contributed by atoms with Crippen molar-refractivity contribution in [1.82, 2.24) is 14.3 Å². The third-order valence-electron chi connectivity index (χ3n) is 4.46. The largest absolute Gasteiger partial charge is 0.379 e. The molecular weight excluding hydrogens is 465 g/mol. The molecule has 2 fully saturated rings. The average molecular weight is 486 g/mol. The molecule has 0 atom stereocenters. The van der Waals surface area contributed by atoms with Crippen molar-refractivity contribution in [2.75, 3.05) is 38.6 Å². The molecule has 1 aromatic carbocycles. The molecule has 0 unspecified atom stereocenters. The van der Waals surface area contributed by atoms with E-state index in [1.165, 1.54) is 10.4 Å². The van der Waals surface area contributed by atoms with Gasteiger partial charge in [-0.3, -0.25) is 4.79 Å². The number of morpholine rings is 1. The summed E-state index contributed by atoms with van der Waals surface area (Å²) in [6.45, 7) is 1.05. The van der Waals surface area contributed by atoms with Crippen LogP contribution < -0.4 is 10.0 Å². The molecule has 0 radical (unpaired) electrons. The minimum Gasteiger partial charge on any atom is -0.379 e. The first kappa shape index (κ1) is 22.7. The second kappa shape index (κ2) is 9.04. The number of hydrogen-bond donors (Lipinski definition) is 2. The Labute approximate surface area is 179 Å². The van der Waals surface area contributed by atoms with Gasteiger partial charge in [0.05, 0.1) is 34.6 Å². The standard InChI is InChI=1S/C16H21Cl2N3O6S2/c17-13-10-14(18)15(29(25,26)20-11-1-2-11)9-12(13)16(22)19-3-8-28(23,24)21-4-6-27-7-5-21/h9-11,20H,1-8H2,(H,19,22). The minimum absolute atomic E-state index is 0.0334. The number of ether oxygens (including phenoxy) is 1. The van der Waals surface area contributed by atoms with Crippen molar-refractivity contribution in [3.05, 3.63) is 27.7 Å². The van der Waals surface area contributed by atoms with E-state index in [1.807, 2.05) is 0 Å². The van der Waals surface area contributed by atoms with Gasteiger partial charge >= 0.3 is 0 Å². The van der Waals surface area contributed by atoms with Crippen LogP contribution in [0.25, 0.3) is 0 Å². The molecule has 0 bridgehead atoms. The Morgan fingerprint density at radius 3 is 2.38 bits per heavy atom. The summed E-state index contributed by atoms with van der Waals surface area (Å²) in [7, 11) is -7.43. The maximum Gasteiger partial charge on any atom is 0.252 e. The fourth-order valence-corrected chi connectivity index (χ4v) is 6.22. The number of nitrogens with zero attached hydrogens (tertiary/aromatic N) is 1. The summed E-state index contributed by atoms with van der Waals surface area (Å²) in [5, 5.41) is 2.33. The number of benzene rings is 1. The number of carbonyl (C=O) groups is 1. The van der Waals surface area contributed by atoms with E-state index >= 15 is 0 Å². The van der Waals surface area contributed by atoms with Gasteiger partial charge in [-0.05, 0) is 25.0 Å². The van der Waals surface area contributed by atoms with E-state index in [2.05, 4.69) is 10.0 Å². The van der Waals surface area contributed by atoms with Crippen LogP contribution in [0.15, 0.2) is 17.0 Å². The molecule has 0 spiro atoms. The summed E-state index contributed by atoms with van der Waals surface area (Å²) in [6, 6.07) is 2.15. The summed E-state index contributed by atoms with van der Waals surface area (Å²) in [5.41, 5.74) is -0.101. The molecule has 1 aromatic rings. The van der Waals surface area contributed by atoms with Gasteiger partial charge in [0.25, 0.3) is 5.91 Å². The van der Waals surface area contributed by atoms with E-state index in [4.69, 9.17) is 27.9 Å². The molecule has 1 saturated heterocycles. The first-order valence-corrected chi connectivity index (χ1v) is 12.8. The fraction of sp³-hybridized carbons (Fsp3) is 0.562. The van der Waals surface area contributed by atoms with Crippen LogP contribution in [0.5, 0.6) is 0 Å². The van der Waals surface area contributed by atoms with Crippen molar-refractivity contribution in [2.24, 2.45) is 0 Å². The quantitative estimate of drug-likeness (QED) is 0.562. The second-order valence-electron chi connectivity index (χ2n) is 6.74. The Hall–Kier alpha value is -0.950. The molecule has 9 nitrogen and oxygen atoms in total. The zero-order valence-corrected chi connectivity index (χ0v) is 18.5. The Morgan fingerprint density at radius 2 is 1.76 bits per heavy atom. The van der Waals surface area contributed by atoms with Crippen LogP contribution in [0.1, 0.15) is 23.2 Å². The monoisotopic (exact) mass is 485 g/mol. The SMILES string of the molecule is O=C(NCCS(=O)(=O)N1CCOCC1)c1cc(S(=O)(=O)NC2CC2)c(Cl)cc1Cl. The van der Waals surface area contributed by atoms with Crippen LogP contribution in [0.3, 0.4) is 0 Å². The lowest BCUT2D eigenvalue weighted by Crippen LogP contribution is -2.43. The molecule has 162 valence electrons. The first-order valence-electron chi connectivity index (χ1n) is 8.95. The summed E-state index contributed by atoms with van der Waals surface area (Å²) in [4.78, 5) is 12.2. The molecule has 29 heavy (non-hydrogen) atoms. The highest BCUT2D eigenvalue weighted by Gasteiger charge is 2.30. The highest BCUT2D eigenvalue weighted by atomic mass is 35.5. The number of sulfonamides is 2. The van der Waals surface area contributed by atoms with E-state index in [0.29, 0.717) is 13.2 Å². The summed E-state index contributed by atoms with van der Waals surface area (Å²) < 4.78 is 58.4. The van der Waals surface area contributed by atoms with Crippen LogP contribution in [-0.2, 0) is 24.8 Å². The predicted octanol–water partition coefficient (Wildman–Crippen LogP) is 0.826. The molecule has 2 N–H and O–H groups in total. The molecule has 1 aliphatic heterocycles. The van der Waals surface area contributed by atoms with E-state index in [-0.39, 0.29) is 51.9 Å². The Morgan fingerprint density at radius 1 is 1.10 bits per heavy atom. The molecule has 3 rings (SSSR count). The maximum atomic E-state index is 12.5. The fourth-order valence-electron chi connectivity index (χ4n) is 2.74. The summed E-state index contributed by atoms with van der Waals surface area (Å²) >= 11 is 12.1. The zero-order valence-electron chi connectivity index (χ0n) is 15.4. The normalized spacial score (nSPS) is 18.6. The highest BCUT2D eigenvalue weighted by Crippen LogP contribution is 2.30. The van der Waals surface area contributed by atoms with Crippen LogP contribution in [0, 0.1) is 0 Å². The summed E-state index contributed by atoms with van der Waals surface area (Å²) in [5.74, 6) is -0.982. The topological polar surface area (TPSA) is 122 Å². The van der Waals surface area contributed by atoms with E-state index in [1.54, 1.807) is 0 Å². The van der Waals surface area contributed by atoms with Gasteiger partial charge in [0.1, 0.15) is 4.90 Å². The molecule has 1 aliphatic carbocycles. The third kappa shape index (κ3) is 5.81. The Kier molecular flexibility index (Phi) is 7.09. The molecule has 1 amide bonds. The van der Waals surface area contributed by atoms with Crippen LogP contribution in [-0.4, -0.2) is 71.7 Å². The van der Waals surface area contributed by atoms with Crippen molar-refractivity contribution < 1.29 is 26.4 Å². The van der Waals surface area contributed by atoms with Gasteiger partial charge in [-0.25, -0.2) is 21.6 Å². The van der Waals surface area contributed by atoms with E-state index in [0.717, 1.165) is 18.9 Å². The molecule has 0 aromatic heterocycles. The molecule has 2 aliphatic rings. The van der Waals surface area contributed by atoms with E-state index in [9.17, 15) is 21.6 Å². The van der Waals surface area contributed by atoms with Crippen molar-refractivity contribution in [1.29, 1.82) is 0 Å². The van der Waals surface area contributed by atoms with Gasteiger partial charge in [-0.1, -0.05) is 23.2 Å². The van der Waals surface area contributed by atoms with Gasteiger partial charge in [-0.2, -0.15) is 4.31 Å². The van der Waals surface area contributed by atoms with Gasteiger partial charge in [-0.15, -0.1) is 0 Å². The smallest absolute Gasteiger partial charge is 0.252 e. The van der Waals surface area contributed by atoms with Crippen molar-refractivity contribution in [3.63, 3.8) is 0 Å². The number of nitrogens with one attached hydrogen (secondary N) is 2. The number of hydrogen-bond acceptors (Lipinski definition) is 6. The van der Waals surface area contributed by atoms with Crippen LogP contribution >= 0.6 is 23.2 Å². The second-order valence-corrected chi connectivity index (χ2v) is 11.3. The third-order valence-corrected chi connectivity index (χ3v) is 8.63. The first-order chi connectivity index (χ1) is 13.6. The van der Waals surface area contributed by atoms with Crippen molar-refractivity contribution in [2.45, 2.75) is 23.8 Å².